The van der Waals surface area contributed by atoms with Gasteiger partial charge < -0.3 is 4.90 Å². The van der Waals surface area contributed by atoms with Crippen LogP contribution >= 0.6 is 0 Å². The van der Waals surface area contributed by atoms with Crippen molar-refractivity contribution < 1.29 is 9.18 Å². The largest absolute Gasteiger partial charge is 0.303 e. The molecule has 1 aliphatic heterocycles. The second-order valence-electron chi connectivity index (χ2n) is 6.20. The molecule has 21 heavy (non-hydrogen) atoms. The topological polar surface area (TPSA) is 20.3 Å². The summed E-state index contributed by atoms with van der Waals surface area (Å²) in [7, 11) is 0. The van der Waals surface area contributed by atoms with E-state index in [1.807, 2.05) is 0 Å². The Balaban J connectivity index is 1.83. The number of hydrogen-bond acceptors (Lipinski definition) is 2. The van der Waals surface area contributed by atoms with Crippen molar-refractivity contribution in [3.63, 3.8) is 0 Å². The zero-order chi connectivity index (χ0) is 15.3. The summed E-state index contributed by atoms with van der Waals surface area (Å²) < 4.78 is 13.6. The number of halogens is 1. The van der Waals surface area contributed by atoms with Gasteiger partial charge in [-0.3, -0.25) is 4.79 Å². The van der Waals surface area contributed by atoms with Crippen LogP contribution in [-0.2, 0) is 0 Å². The molecule has 1 fully saturated rings. The van der Waals surface area contributed by atoms with E-state index in [1.165, 1.54) is 31.7 Å². The fourth-order valence-electron chi connectivity index (χ4n) is 3.29. The number of benzene rings is 1. The van der Waals surface area contributed by atoms with Gasteiger partial charge in [0.1, 0.15) is 5.82 Å². The van der Waals surface area contributed by atoms with E-state index in [9.17, 15) is 9.18 Å². The molecule has 0 aromatic heterocycles. The van der Waals surface area contributed by atoms with Crippen LogP contribution < -0.4 is 0 Å². The first-order valence-corrected chi connectivity index (χ1v) is 8.10. The van der Waals surface area contributed by atoms with E-state index in [2.05, 4.69) is 18.7 Å². The molecule has 1 aromatic carbocycles. The van der Waals surface area contributed by atoms with Crippen LogP contribution in [0.4, 0.5) is 4.39 Å². The molecule has 0 saturated carbocycles. The van der Waals surface area contributed by atoms with Crippen LogP contribution in [0.1, 0.15) is 56.3 Å². The number of piperidine rings is 1. The Labute approximate surface area is 127 Å². The maximum Gasteiger partial charge on any atom is 0.167 e. The van der Waals surface area contributed by atoms with Gasteiger partial charge in [0.25, 0.3) is 0 Å². The second-order valence-corrected chi connectivity index (χ2v) is 6.20. The zero-order valence-electron chi connectivity index (χ0n) is 13.2. The highest BCUT2D eigenvalue weighted by Crippen LogP contribution is 2.37. The summed E-state index contributed by atoms with van der Waals surface area (Å²) in [4.78, 5) is 14.4. The molecule has 1 saturated heterocycles. The van der Waals surface area contributed by atoms with Crippen LogP contribution in [0.3, 0.4) is 0 Å². The van der Waals surface area contributed by atoms with Crippen LogP contribution in [0.15, 0.2) is 24.3 Å². The molecule has 2 rings (SSSR count). The fourth-order valence-corrected chi connectivity index (χ4v) is 3.29. The van der Waals surface area contributed by atoms with Crippen LogP contribution in [0.5, 0.6) is 0 Å². The third kappa shape index (κ3) is 3.91. The first-order valence-electron chi connectivity index (χ1n) is 8.10. The Kier molecular flexibility index (Phi) is 5.51. The van der Waals surface area contributed by atoms with Crippen molar-refractivity contribution in [2.24, 2.45) is 5.41 Å². The molecule has 0 aliphatic carbocycles. The lowest BCUT2D eigenvalue weighted by Gasteiger charge is -2.41. The van der Waals surface area contributed by atoms with E-state index in [-0.39, 0.29) is 11.3 Å². The summed E-state index contributed by atoms with van der Waals surface area (Å²) in [6.45, 7) is 7.43. The molecule has 2 nitrogen and oxygen atoms in total. The predicted molar refractivity (Wildman–Crippen MR) is 84.0 cm³/mol. The molecule has 0 atom stereocenters. The minimum absolute atomic E-state index is 0.0871. The smallest absolute Gasteiger partial charge is 0.167 e. The third-order valence-electron chi connectivity index (χ3n) is 5.25. The molecule has 0 N–H and O–H groups in total. The quantitative estimate of drug-likeness (QED) is 0.728. The van der Waals surface area contributed by atoms with E-state index in [0.29, 0.717) is 11.8 Å². The second kappa shape index (κ2) is 7.17. The predicted octanol–water partition coefficient (Wildman–Crippen LogP) is 4.30. The molecule has 3 heteroatoms. The summed E-state index contributed by atoms with van der Waals surface area (Å²) >= 11 is 0. The van der Waals surface area contributed by atoms with Crippen molar-refractivity contribution in [3.05, 3.63) is 35.6 Å². The van der Waals surface area contributed by atoms with Gasteiger partial charge >= 0.3 is 0 Å². The molecule has 0 unspecified atom stereocenters. The van der Waals surface area contributed by atoms with Crippen LogP contribution in [-0.4, -0.2) is 30.3 Å². The molecule has 1 aliphatic rings. The maximum absolute atomic E-state index is 13.6. The van der Waals surface area contributed by atoms with Crippen molar-refractivity contribution >= 4 is 5.78 Å². The lowest BCUT2D eigenvalue weighted by molar-refractivity contribution is 0.0839. The van der Waals surface area contributed by atoms with E-state index < -0.39 is 5.82 Å². The minimum atomic E-state index is -0.405. The van der Waals surface area contributed by atoms with Gasteiger partial charge in [-0.25, -0.2) is 4.39 Å². The Morgan fingerprint density at radius 3 is 2.38 bits per heavy atom. The first kappa shape index (κ1) is 16.2. The monoisotopic (exact) mass is 291 g/mol. The number of likely N-dealkylation sites (tertiary alicyclic amines) is 1. The molecule has 1 aromatic rings. The van der Waals surface area contributed by atoms with Gasteiger partial charge in [-0.15, -0.1) is 0 Å². The van der Waals surface area contributed by atoms with Gasteiger partial charge in [0.15, 0.2) is 5.78 Å². The number of rotatable bonds is 6. The molecular formula is C18H26FNO. The number of Topliss-reactive ketones (excluding diaryl/α,β-unsaturated/α-hetero) is 1. The number of nitrogens with zero attached hydrogens (tertiary/aromatic N) is 1. The normalized spacial score (nSPS) is 18.6. The highest BCUT2D eigenvalue weighted by Gasteiger charge is 2.31. The average Bonchev–Trinajstić information content (AvgIpc) is 2.53. The van der Waals surface area contributed by atoms with Crippen molar-refractivity contribution in [1.82, 2.24) is 4.90 Å². The van der Waals surface area contributed by atoms with Crippen molar-refractivity contribution in [2.75, 3.05) is 19.6 Å². The standard InChI is InChI=1S/C18H26FNO/c1-3-18(4-2)10-13-20(14-11-18)12-9-17(21)15-7-5-6-8-16(15)19/h5-8H,3-4,9-14H2,1-2H3. The van der Waals surface area contributed by atoms with Crippen molar-refractivity contribution in [2.45, 2.75) is 46.0 Å². The zero-order valence-corrected chi connectivity index (χ0v) is 13.2. The van der Waals surface area contributed by atoms with E-state index >= 15 is 0 Å². The Bertz CT molecular complexity index is 472. The highest BCUT2D eigenvalue weighted by atomic mass is 19.1. The van der Waals surface area contributed by atoms with Gasteiger partial charge in [0.2, 0.25) is 0 Å². The molecule has 0 amide bonds. The number of hydrogen-bond donors (Lipinski definition) is 0. The molecule has 0 radical (unpaired) electrons. The average molecular weight is 291 g/mol. The first-order chi connectivity index (χ1) is 10.1. The van der Waals surface area contributed by atoms with Crippen molar-refractivity contribution in [1.29, 1.82) is 0 Å². The number of ketones is 1. The molecule has 116 valence electrons. The summed E-state index contributed by atoms with van der Waals surface area (Å²) in [5.41, 5.74) is 0.734. The number of carbonyl (C=O) groups excluding carboxylic acids is 1. The molecule has 0 spiro atoms. The van der Waals surface area contributed by atoms with Gasteiger partial charge in [-0.2, -0.15) is 0 Å². The maximum atomic E-state index is 13.6. The minimum Gasteiger partial charge on any atom is -0.303 e. The summed E-state index contributed by atoms with van der Waals surface area (Å²) in [6.07, 6.45) is 5.32. The SMILES string of the molecule is CCC1(CC)CCN(CCC(=O)c2ccccc2F)CC1. The Morgan fingerprint density at radius 2 is 1.81 bits per heavy atom. The van der Waals surface area contributed by atoms with Crippen LogP contribution in [0.2, 0.25) is 0 Å². The Hall–Kier alpha value is -1.22. The third-order valence-corrected chi connectivity index (χ3v) is 5.25. The number of carbonyl (C=O) groups is 1. The van der Waals surface area contributed by atoms with Crippen LogP contribution in [0.25, 0.3) is 0 Å². The lowest BCUT2D eigenvalue weighted by atomic mass is 9.74. The van der Waals surface area contributed by atoms with E-state index in [0.717, 1.165) is 19.6 Å². The molecular weight excluding hydrogens is 265 g/mol. The van der Waals surface area contributed by atoms with Gasteiger partial charge in [-0.05, 0) is 43.5 Å². The Morgan fingerprint density at radius 1 is 1.19 bits per heavy atom. The summed E-state index contributed by atoms with van der Waals surface area (Å²) in [5, 5.41) is 0. The van der Waals surface area contributed by atoms with Crippen molar-refractivity contribution in [3.8, 4) is 0 Å². The van der Waals surface area contributed by atoms with Gasteiger partial charge in [0.05, 0.1) is 5.56 Å². The van der Waals surface area contributed by atoms with Gasteiger partial charge in [0, 0.05) is 13.0 Å². The molecule has 1 heterocycles. The van der Waals surface area contributed by atoms with E-state index in [1.54, 1.807) is 18.2 Å². The summed E-state index contributed by atoms with van der Waals surface area (Å²) in [6, 6.07) is 6.26. The van der Waals surface area contributed by atoms with E-state index in [4.69, 9.17) is 0 Å². The molecule has 0 bridgehead atoms. The van der Waals surface area contributed by atoms with Gasteiger partial charge in [-0.1, -0.05) is 38.8 Å². The lowest BCUT2D eigenvalue weighted by Crippen LogP contribution is -2.40. The van der Waals surface area contributed by atoms with Crippen LogP contribution in [0, 0.1) is 11.2 Å². The summed E-state index contributed by atoms with van der Waals surface area (Å²) in [5.74, 6) is -0.493. The fraction of sp³-hybridized carbons (Fsp3) is 0.611. The highest BCUT2D eigenvalue weighted by molar-refractivity contribution is 5.96.